The van der Waals surface area contributed by atoms with Crippen molar-refractivity contribution < 1.29 is 4.79 Å². The van der Waals surface area contributed by atoms with E-state index in [1.54, 1.807) is 6.08 Å². The zero-order valence-electron chi connectivity index (χ0n) is 15.4. The van der Waals surface area contributed by atoms with Gasteiger partial charge in [0.25, 0.3) is 0 Å². The molecule has 1 heterocycles. The molecular weight excluding hydrogens is 380 g/mol. The lowest BCUT2D eigenvalue weighted by atomic mass is 9.89. The first-order valence-electron chi connectivity index (χ1n) is 9.37. The van der Waals surface area contributed by atoms with Crippen LogP contribution in [0.25, 0.3) is 11.4 Å². The van der Waals surface area contributed by atoms with E-state index in [1.807, 2.05) is 28.8 Å². The van der Waals surface area contributed by atoms with Gasteiger partial charge in [0, 0.05) is 23.7 Å². The molecule has 0 saturated heterocycles. The molecule has 1 saturated carbocycles. The number of aromatic nitrogens is 3. The SMILES string of the molecule is C=CCn1c(SCC(=O)NCC2CCCCC2)nnc1-c1ccc(Cl)cc1. The molecule has 2 aromatic rings. The molecule has 27 heavy (non-hydrogen) atoms. The zero-order valence-corrected chi connectivity index (χ0v) is 16.9. The molecule has 0 aliphatic heterocycles. The van der Waals surface area contributed by atoms with Crippen LogP contribution in [0.1, 0.15) is 32.1 Å². The third-order valence-electron chi connectivity index (χ3n) is 4.78. The predicted molar refractivity (Wildman–Crippen MR) is 111 cm³/mol. The van der Waals surface area contributed by atoms with Gasteiger partial charge in [0.05, 0.1) is 5.75 Å². The highest BCUT2D eigenvalue weighted by Gasteiger charge is 2.17. The van der Waals surface area contributed by atoms with Crippen molar-refractivity contribution in [2.24, 2.45) is 5.92 Å². The first-order valence-corrected chi connectivity index (χ1v) is 10.7. The second-order valence-electron chi connectivity index (χ2n) is 6.81. The van der Waals surface area contributed by atoms with Crippen LogP contribution in [0.2, 0.25) is 5.02 Å². The molecule has 0 spiro atoms. The Bertz CT molecular complexity index is 769. The molecule has 1 aliphatic rings. The molecule has 1 aromatic heterocycles. The fourth-order valence-electron chi connectivity index (χ4n) is 3.33. The smallest absolute Gasteiger partial charge is 0.230 e. The Labute approximate surface area is 169 Å². The molecule has 0 unspecified atom stereocenters. The molecule has 0 atom stereocenters. The summed E-state index contributed by atoms with van der Waals surface area (Å²) in [5.41, 5.74) is 0.933. The summed E-state index contributed by atoms with van der Waals surface area (Å²) in [6.07, 6.45) is 8.16. The number of hydrogen-bond donors (Lipinski definition) is 1. The molecule has 144 valence electrons. The monoisotopic (exact) mass is 404 g/mol. The number of carbonyl (C=O) groups is 1. The van der Waals surface area contributed by atoms with Crippen molar-refractivity contribution in [2.75, 3.05) is 12.3 Å². The maximum Gasteiger partial charge on any atom is 0.230 e. The Balaban J connectivity index is 1.59. The van der Waals surface area contributed by atoms with Crippen LogP contribution in [0.4, 0.5) is 0 Å². The van der Waals surface area contributed by atoms with Gasteiger partial charge in [0.1, 0.15) is 0 Å². The minimum Gasteiger partial charge on any atom is -0.355 e. The van der Waals surface area contributed by atoms with Gasteiger partial charge in [0.2, 0.25) is 5.91 Å². The molecular formula is C20H25ClN4OS. The number of nitrogens with zero attached hydrogens (tertiary/aromatic N) is 3. The maximum absolute atomic E-state index is 12.2. The summed E-state index contributed by atoms with van der Waals surface area (Å²) in [7, 11) is 0. The first kappa shape index (κ1) is 20.0. The highest BCUT2D eigenvalue weighted by atomic mass is 35.5. The fourth-order valence-corrected chi connectivity index (χ4v) is 4.24. The van der Waals surface area contributed by atoms with Gasteiger partial charge >= 0.3 is 0 Å². The summed E-state index contributed by atoms with van der Waals surface area (Å²) < 4.78 is 1.97. The van der Waals surface area contributed by atoms with E-state index in [0.717, 1.165) is 17.9 Å². The molecule has 7 heteroatoms. The van der Waals surface area contributed by atoms with E-state index in [0.29, 0.717) is 28.4 Å². The second kappa shape index (κ2) is 9.95. The average Bonchev–Trinajstić information content (AvgIpc) is 3.09. The highest BCUT2D eigenvalue weighted by Crippen LogP contribution is 2.25. The van der Waals surface area contributed by atoms with Gasteiger partial charge in [-0.1, -0.05) is 48.7 Å². The van der Waals surface area contributed by atoms with Crippen molar-refractivity contribution in [1.82, 2.24) is 20.1 Å². The summed E-state index contributed by atoms with van der Waals surface area (Å²) in [6.45, 7) is 5.18. The lowest BCUT2D eigenvalue weighted by Crippen LogP contribution is -2.31. The number of amides is 1. The van der Waals surface area contributed by atoms with Crippen LogP contribution in [0.5, 0.6) is 0 Å². The van der Waals surface area contributed by atoms with Crippen molar-refractivity contribution in [2.45, 2.75) is 43.8 Å². The summed E-state index contributed by atoms with van der Waals surface area (Å²) in [5, 5.41) is 13.0. The number of rotatable bonds is 8. The first-order chi connectivity index (χ1) is 13.2. The number of thioether (sulfide) groups is 1. The van der Waals surface area contributed by atoms with Crippen LogP contribution in [-0.4, -0.2) is 33.0 Å². The molecule has 1 fully saturated rings. The highest BCUT2D eigenvalue weighted by molar-refractivity contribution is 7.99. The third kappa shape index (κ3) is 5.59. The van der Waals surface area contributed by atoms with Gasteiger partial charge < -0.3 is 5.32 Å². The largest absolute Gasteiger partial charge is 0.355 e. The van der Waals surface area contributed by atoms with Gasteiger partial charge in [-0.3, -0.25) is 9.36 Å². The number of allylic oxidation sites excluding steroid dienone is 1. The van der Waals surface area contributed by atoms with Crippen LogP contribution in [0.15, 0.2) is 42.1 Å². The Morgan fingerprint density at radius 1 is 1.26 bits per heavy atom. The minimum atomic E-state index is 0.0479. The Hall–Kier alpha value is -1.79. The van der Waals surface area contributed by atoms with E-state index in [2.05, 4.69) is 22.1 Å². The lowest BCUT2D eigenvalue weighted by Gasteiger charge is -2.21. The summed E-state index contributed by atoms with van der Waals surface area (Å²) in [4.78, 5) is 12.2. The molecule has 0 radical (unpaired) electrons. The van der Waals surface area contributed by atoms with E-state index in [4.69, 9.17) is 11.6 Å². The quantitative estimate of drug-likeness (QED) is 0.517. The molecule has 5 nitrogen and oxygen atoms in total. The van der Waals surface area contributed by atoms with E-state index in [-0.39, 0.29) is 5.91 Å². The number of hydrogen-bond acceptors (Lipinski definition) is 4. The Kier molecular flexibility index (Phi) is 7.35. The number of halogens is 1. The Morgan fingerprint density at radius 3 is 2.70 bits per heavy atom. The minimum absolute atomic E-state index is 0.0479. The van der Waals surface area contributed by atoms with Crippen LogP contribution in [0, 0.1) is 5.92 Å². The van der Waals surface area contributed by atoms with Crippen LogP contribution in [-0.2, 0) is 11.3 Å². The normalized spacial score (nSPS) is 14.9. The second-order valence-corrected chi connectivity index (χ2v) is 8.19. The van der Waals surface area contributed by atoms with E-state index < -0.39 is 0 Å². The van der Waals surface area contributed by atoms with E-state index >= 15 is 0 Å². The number of nitrogens with one attached hydrogen (secondary N) is 1. The molecule has 0 bridgehead atoms. The topological polar surface area (TPSA) is 59.8 Å². The van der Waals surface area contributed by atoms with E-state index in [1.165, 1.54) is 43.9 Å². The van der Waals surface area contributed by atoms with Gasteiger partial charge in [0.15, 0.2) is 11.0 Å². The van der Waals surface area contributed by atoms with Gasteiger partial charge in [-0.05, 0) is 43.0 Å². The summed E-state index contributed by atoms with van der Waals surface area (Å²) >= 11 is 7.37. The third-order valence-corrected chi connectivity index (χ3v) is 5.99. The van der Waals surface area contributed by atoms with Crippen molar-refractivity contribution in [3.63, 3.8) is 0 Å². The van der Waals surface area contributed by atoms with Crippen LogP contribution >= 0.6 is 23.4 Å². The zero-order chi connectivity index (χ0) is 19.1. The van der Waals surface area contributed by atoms with Crippen molar-refractivity contribution >= 4 is 29.3 Å². The van der Waals surface area contributed by atoms with Gasteiger partial charge in [-0.15, -0.1) is 16.8 Å². The predicted octanol–water partition coefficient (Wildman–Crippen LogP) is 4.57. The summed E-state index contributed by atoms with van der Waals surface area (Å²) in [5.74, 6) is 1.76. The van der Waals surface area contributed by atoms with Gasteiger partial charge in [-0.25, -0.2) is 0 Å². The number of benzene rings is 1. The van der Waals surface area contributed by atoms with Crippen LogP contribution in [0.3, 0.4) is 0 Å². The van der Waals surface area contributed by atoms with Crippen molar-refractivity contribution in [3.05, 3.63) is 41.9 Å². The van der Waals surface area contributed by atoms with Crippen LogP contribution < -0.4 is 5.32 Å². The lowest BCUT2D eigenvalue weighted by molar-refractivity contribution is -0.118. The van der Waals surface area contributed by atoms with Gasteiger partial charge in [-0.2, -0.15) is 0 Å². The number of carbonyl (C=O) groups excluding carboxylic acids is 1. The molecule has 1 aliphatic carbocycles. The Morgan fingerprint density at radius 2 is 2.00 bits per heavy atom. The summed E-state index contributed by atoms with van der Waals surface area (Å²) in [6, 6.07) is 7.49. The molecule has 3 rings (SSSR count). The maximum atomic E-state index is 12.2. The molecule has 1 N–H and O–H groups in total. The van der Waals surface area contributed by atoms with Crippen molar-refractivity contribution in [3.8, 4) is 11.4 Å². The van der Waals surface area contributed by atoms with E-state index in [9.17, 15) is 4.79 Å². The molecule has 1 aromatic carbocycles. The fraction of sp³-hybridized carbons (Fsp3) is 0.450. The van der Waals surface area contributed by atoms with Crippen molar-refractivity contribution in [1.29, 1.82) is 0 Å². The molecule has 1 amide bonds. The average molecular weight is 405 g/mol. The standard InChI is InChI=1S/C20H25ClN4OS/c1-2-12-25-19(16-8-10-17(21)11-9-16)23-24-20(25)27-14-18(26)22-13-15-6-4-3-5-7-15/h2,8-11,15H,1,3-7,12-14H2,(H,22,26).